The van der Waals surface area contributed by atoms with Gasteiger partial charge in [0.15, 0.2) is 5.85 Å². The van der Waals surface area contributed by atoms with Gasteiger partial charge in [0.1, 0.15) is 0 Å². The topological polar surface area (TPSA) is 76.0 Å². The largest absolute Gasteiger partial charge is 0.396 e. The number of aliphatic hydroxyl groups excluding tert-OH is 2. The van der Waals surface area contributed by atoms with Crippen LogP contribution in [0.2, 0.25) is 0 Å². The third-order valence-electron chi connectivity index (χ3n) is 4.45. The van der Waals surface area contributed by atoms with E-state index in [-0.39, 0.29) is 25.2 Å². The molecule has 0 saturated heterocycles. The van der Waals surface area contributed by atoms with E-state index >= 15 is 0 Å². The normalized spacial score (nSPS) is 24.1. The molecule has 0 spiro atoms. The molecule has 0 bridgehead atoms. The molecule has 0 aliphatic heterocycles. The first-order valence-electron chi connectivity index (χ1n) is 8.39. The van der Waals surface area contributed by atoms with Crippen molar-refractivity contribution in [1.29, 1.82) is 0 Å². The number of hydrogen-bond donors (Lipinski definition) is 2. The van der Waals surface area contributed by atoms with Gasteiger partial charge in [-0.2, -0.15) is 0 Å². The highest BCUT2D eigenvalue weighted by molar-refractivity contribution is 7.54. The Bertz CT molecular complexity index is 313. The van der Waals surface area contributed by atoms with E-state index in [1.54, 1.807) is 0 Å². The zero-order valence-electron chi connectivity index (χ0n) is 12.8. The van der Waals surface area contributed by atoms with Gasteiger partial charge < -0.3 is 19.3 Å². The maximum absolute atomic E-state index is 13.0. The van der Waals surface area contributed by atoms with Crippen LogP contribution >= 0.6 is 7.60 Å². The molecule has 0 aromatic heterocycles. The lowest BCUT2D eigenvalue weighted by Gasteiger charge is -2.33. The van der Waals surface area contributed by atoms with Gasteiger partial charge in [-0.1, -0.05) is 38.5 Å². The highest BCUT2D eigenvalue weighted by Crippen LogP contribution is 2.57. The van der Waals surface area contributed by atoms with E-state index in [1.165, 1.54) is 12.8 Å². The highest BCUT2D eigenvalue weighted by Gasteiger charge is 2.39. The van der Waals surface area contributed by atoms with E-state index in [0.717, 1.165) is 51.4 Å². The molecule has 0 aromatic rings. The Morgan fingerprint density at radius 2 is 1.33 bits per heavy atom. The first kappa shape index (κ1) is 17.4. The van der Waals surface area contributed by atoms with Gasteiger partial charge in [0, 0.05) is 13.0 Å². The molecular formula is C15H29O5P. The maximum Gasteiger partial charge on any atom is 0.359 e. The first-order chi connectivity index (χ1) is 10.1. The van der Waals surface area contributed by atoms with Crippen molar-refractivity contribution in [3.63, 3.8) is 0 Å². The fraction of sp³-hybridized carbons (Fsp3) is 1.00. The van der Waals surface area contributed by atoms with Crippen LogP contribution in [0.1, 0.15) is 70.6 Å². The van der Waals surface area contributed by atoms with E-state index in [4.69, 9.17) is 14.2 Å². The minimum atomic E-state index is -3.57. The molecule has 2 saturated carbocycles. The Kier molecular flexibility index (Phi) is 7.17. The standard InChI is InChI=1S/C15H29O5P/c16-12-11-15(17)21(18,19-13-7-3-1-4-8-13)20-14-9-5-2-6-10-14/h13-17H,1-12H2. The second kappa shape index (κ2) is 8.64. The number of hydrogen-bond acceptors (Lipinski definition) is 5. The van der Waals surface area contributed by atoms with Gasteiger partial charge in [0.2, 0.25) is 0 Å². The maximum atomic E-state index is 13.0. The van der Waals surface area contributed by atoms with Crippen molar-refractivity contribution in [1.82, 2.24) is 0 Å². The van der Waals surface area contributed by atoms with E-state index in [0.29, 0.717) is 0 Å². The summed E-state index contributed by atoms with van der Waals surface area (Å²) in [5, 5.41) is 19.2. The Morgan fingerprint density at radius 3 is 1.71 bits per heavy atom. The van der Waals surface area contributed by atoms with Gasteiger partial charge in [-0.15, -0.1) is 0 Å². The average Bonchev–Trinajstić information content (AvgIpc) is 2.49. The molecule has 0 amide bonds. The van der Waals surface area contributed by atoms with Gasteiger partial charge in [-0.25, -0.2) is 0 Å². The predicted octanol–water partition coefficient (Wildman–Crippen LogP) is 3.58. The van der Waals surface area contributed by atoms with E-state index in [1.807, 2.05) is 0 Å². The van der Waals surface area contributed by atoms with Crippen LogP contribution < -0.4 is 0 Å². The molecule has 2 rings (SSSR count). The molecule has 1 unspecified atom stereocenters. The predicted molar refractivity (Wildman–Crippen MR) is 81.2 cm³/mol. The third kappa shape index (κ3) is 5.33. The van der Waals surface area contributed by atoms with Crippen molar-refractivity contribution >= 4 is 7.60 Å². The zero-order chi connectivity index (χ0) is 15.1. The van der Waals surface area contributed by atoms with Gasteiger partial charge in [0.25, 0.3) is 0 Å². The van der Waals surface area contributed by atoms with Gasteiger partial charge in [0.05, 0.1) is 12.2 Å². The van der Waals surface area contributed by atoms with Crippen LogP contribution in [0.5, 0.6) is 0 Å². The minimum Gasteiger partial charge on any atom is -0.396 e. The van der Waals surface area contributed by atoms with Crippen LogP contribution in [0.4, 0.5) is 0 Å². The van der Waals surface area contributed by atoms with E-state index in [2.05, 4.69) is 0 Å². The summed E-state index contributed by atoms with van der Waals surface area (Å²) >= 11 is 0. The smallest absolute Gasteiger partial charge is 0.359 e. The zero-order valence-corrected chi connectivity index (χ0v) is 13.7. The van der Waals surface area contributed by atoms with Crippen molar-refractivity contribution in [2.24, 2.45) is 0 Å². The first-order valence-corrected chi connectivity index (χ1v) is 10.0. The number of rotatable bonds is 7. The van der Waals surface area contributed by atoms with Gasteiger partial charge in [-0.05, 0) is 25.7 Å². The van der Waals surface area contributed by atoms with E-state index < -0.39 is 13.4 Å². The number of aliphatic hydroxyl groups is 2. The summed E-state index contributed by atoms with van der Waals surface area (Å²) in [6, 6.07) is 0. The Morgan fingerprint density at radius 1 is 0.905 bits per heavy atom. The summed E-state index contributed by atoms with van der Waals surface area (Å²) in [7, 11) is -3.57. The quantitative estimate of drug-likeness (QED) is 0.701. The van der Waals surface area contributed by atoms with Crippen LogP contribution in [0.3, 0.4) is 0 Å². The summed E-state index contributed by atoms with van der Waals surface area (Å²) < 4.78 is 24.6. The molecule has 0 radical (unpaired) electrons. The van der Waals surface area contributed by atoms with Crippen molar-refractivity contribution in [2.75, 3.05) is 6.61 Å². The van der Waals surface area contributed by atoms with Crippen molar-refractivity contribution in [3.05, 3.63) is 0 Å². The van der Waals surface area contributed by atoms with Gasteiger partial charge in [-0.3, -0.25) is 4.57 Å². The summed E-state index contributed by atoms with van der Waals surface area (Å²) in [6.45, 7) is -0.215. The monoisotopic (exact) mass is 320 g/mol. The van der Waals surface area contributed by atoms with E-state index in [9.17, 15) is 9.67 Å². The van der Waals surface area contributed by atoms with Crippen LogP contribution in [-0.4, -0.2) is 34.9 Å². The molecule has 124 valence electrons. The van der Waals surface area contributed by atoms with Crippen molar-refractivity contribution in [2.45, 2.75) is 88.7 Å². The highest BCUT2D eigenvalue weighted by atomic mass is 31.2. The van der Waals surface area contributed by atoms with Crippen molar-refractivity contribution < 1.29 is 23.8 Å². The molecule has 21 heavy (non-hydrogen) atoms. The average molecular weight is 320 g/mol. The lowest BCUT2D eigenvalue weighted by molar-refractivity contribution is 0.0496. The lowest BCUT2D eigenvalue weighted by Crippen LogP contribution is -2.25. The molecule has 2 aliphatic carbocycles. The van der Waals surface area contributed by atoms with Crippen LogP contribution in [-0.2, 0) is 13.6 Å². The third-order valence-corrected chi connectivity index (χ3v) is 6.62. The summed E-state index contributed by atoms with van der Waals surface area (Å²) in [4.78, 5) is 0. The SMILES string of the molecule is O=P(OC1CCCCC1)(OC1CCCCC1)C(O)CCO. The fourth-order valence-electron chi connectivity index (χ4n) is 3.20. The molecule has 5 nitrogen and oxygen atoms in total. The van der Waals surface area contributed by atoms with Crippen LogP contribution in [0, 0.1) is 0 Å². The van der Waals surface area contributed by atoms with Crippen LogP contribution in [0.25, 0.3) is 0 Å². The summed E-state index contributed by atoms with van der Waals surface area (Å²) in [6.07, 6.45) is 10.1. The molecule has 6 heteroatoms. The molecule has 0 heterocycles. The summed E-state index contributed by atoms with van der Waals surface area (Å²) in [5.74, 6) is -1.22. The Labute approximate surface area is 127 Å². The molecule has 0 aromatic carbocycles. The molecule has 2 fully saturated rings. The molecule has 1 atom stereocenters. The van der Waals surface area contributed by atoms with Gasteiger partial charge >= 0.3 is 7.60 Å². The minimum absolute atomic E-state index is 0.0384. The Hall–Kier alpha value is 0.0700. The second-order valence-electron chi connectivity index (χ2n) is 6.26. The van der Waals surface area contributed by atoms with Crippen molar-refractivity contribution in [3.8, 4) is 0 Å². The molecule has 2 aliphatic rings. The summed E-state index contributed by atoms with van der Waals surface area (Å²) in [5.41, 5.74) is 0. The molecular weight excluding hydrogens is 291 g/mol. The second-order valence-corrected chi connectivity index (χ2v) is 8.36. The van der Waals surface area contributed by atoms with Crippen LogP contribution in [0.15, 0.2) is 0 Å². The Balaban J connectivity index is 1.99. The fourth-order valence-corrected chi connectivity index (χ4v) is 5.21. The molecule has 2 N–H and O–H groups in total. The lowest BCUT2D eigenvalue weighted by atomic mass is 9.98.